The Kier molecular flexibility index (Phi) is 4.65. The molecule has 0 heterocycles. The summed E-state index contributed by atoms with van der Waals surface area (Å²) in [6, 6.07) is 6.97. The van der Waals surface area contributed by atoms with Crippen molar-refractivity contribution < 1.29 is 9.90 Å². The van der Waals surface area contributed by atoms with E-state index in [1.165, 1.54) is 0 Å². The number of phenols is 1. The number of rotatable bonds is 6. The summed E-state index contributed by atoms with van der Waals surface area (Å²) in [4.78, 5) is 14.4. The van der Waals surface area contributed by atoms with Gasteiger partial charge in [-0.05, 0) is 42.9 Å². The molecule has 0 spiro atoms. The molecule has 2 rings (SSSR count). The van der Waals surface area contributed by atoms with E-state index in [-0.39, 0.29) is 11.7 Å². The number of carbonyl (C=O) groups excluding carboxylic acids is 1. The van der Waals surface area contributed by atoms with E-state index in [4.69, 9.17) is 5.73 Å². The van der Waals surface area contributed by atoms with Crippen LogP contribution in [0.5, 0.6) is 5.75 Å². The van der Waals surface area contributed by atoms with Gasteiger partial charge in [0.1, 0.15) is 5.75 Å². The Morgan fingerprint density at radius 2 is 2.15 bits per heavy atom. The molecule has 1 aromatic rings. The maximum atomic E-state index is 12.5. The first-order chi connectivity index (χ1) is 9.47. The highest BCUT2D eigenvalue weighted by molar-refractivity contribution is 5.82. The molecule has 4 heteroatoms. The normalized spacial score (nSPS) is 16.2. The number of amides is 1. The highest BCUT2D eigenvalue weighted by Gasteiger charge is 2.34. The van der Waals surface area contributed by atoms with Crippen molar-refractivity contribution in [2.45, 2.75) is 51.7 Å². The molecule has 0 unspecified atom stereocenters. The summed E-state index contributed by atoms with van der Waals surface area (Å²) >= 11 is 0. The predicted molar refractivity (Wildman–Crippen MR) is 79.1 cm³/mol. The third kappa shape index (κ3) is 3.97. The summed E-state index contributed by atoms with van der Waals surface area (Å²) in [5.41, 5.74) is 6.97. The minimum absolute atomic E-state index is 0.0320. The molecule has 0 radical (unpaired) electrons. The van der Waals surface area contributed by atoms with E-state index in [1.807, 2.05) is 11.0 Å². The minimum Gasteiger partial charge on any atom is -0.508 e. The van der Waals surface area contributed by atoms with E-state index in [1.54, 1.807) is 18.2 Å². The lowest BCUT2D eigenvalue weighted by Gasteiger charge is -2.26. The van der Waals surface area contributed by atoms with Crippen LogP contribution in [0.25, 0.3) is 0 Å². The van der Waals surface area contributed by atoms with Crippen molar-refractivity contribution in [3.05, 3.63) is 29.8 Å². The SMILES string of the molecule is CC(C)C[C@H](N)C(=O)N(Cc1cccc(O)c1)C1CC1. The highest BCUT2D eigenvalue weighted by atomic mass is 16.3. The zero-order valence-corrected chi connectivity index (χ0v) is 12.2. The predicted octanol–water partition coefficient (Wildman–Crippen LogP) is 2.26. The summed E-state index contributed by atoms with van der Waals surface area (Å²) in [7, 11) is 0. The number of carbonyl (C=O) groups is 1. The molecule has 0 aromatic heterocycles. The smallest absolute Gasteiger partial charge is 0.240 e. The molecule has 1 fully saturated rings. The number of aromatic hydroxyl groups is 1. The van der Waals surface area contributed by atoms with Gasteiger partial charge in [0.05, 0.1) is 6.04 Å². The van der Waals surface area contributed by atoms with Gasteiger partial charge in [0, 0.05) is 12.6 Å². The largest absolute Gasteiger partial charge is 0.508 e. The molecule has 1 aromatic carbocycles. The van der Waals surface area contributed by atoms with Crippen molar-refractivity contribution in [1.29, 1.82) is 0 Å². The molecule has 0 bridgehead atoms. The lowest BCUT2D eigenvalue weighted by molar-refractivity contribution is -0.134. The number of hydrogen-bond acceptors (Lipinski definition) is 3. The van der Waals surface area contributed by atoms with Gasteiger partial charge in [-0.15, -0.1) is 0 Å². The molecule has 20 heavy (non-hydrogen) atoms. The molecule has 1 amide bonds. The zero-order valence-electron chi connectivity index (χ0n) is 12.2. The third-order valence-corrected chi connectivity index (χ3v) is 3.58. The van der Waals surface area contributed by atoms with Crippen LogP contribution in [0.15, 0.2) is 24.3 Å². The second kappa shape index (κ2) is 6.27. The van der Waals surface area contributed by atoms with Gasteiger partial charge in [-0.2, -0.15) is 0 Å². The van der Waals surface area contributed by atoms with E-state index < -0.39 is 6.04 Å². The van der Waals surface area contributed by atoms with Crippen LogP contribution in [0.2, 0.25) is 0 Å². The van der Waals surface area contributed by atoms with Crippen LogP contribution in [0.1, 0.15) is 38.7 Å². The van der Waals surface area contributed by atoms with E-state index in [0.29, 0.717) is 24.9 Å². The van der Waals surface area contributed by atoms with Crippen LogP contribution in [0.4, 0.5) is 0 Å². The first kappa shape index (κ1) is 14.9. The lowest BCUT2D eigenvalue weighted by Crippen LogP contribution is -2.45. The van der Waals surface area contributed by atoms with Crippen LogP contribution >= 0.6 is 0 Å². The summed E-state index contributed by atoms with van der Waals surface area (Å²) in [5.74, 6) is 0.678. The molecule has 0 aliphatic heterocycles. The fourth-order valence-corrected chi connectivity index (χ4v) is 2.45. The first-order valence-electron chi connectivity index (χ1n) is 7.31. The second-order valence-electron chi connectivity index (χ2n) is 6.10. The highest BCUT2D eigenvalue weighted by Crippen LogP contribution is 2.29. The van der Waals surface area contributed by atoms with E-state index >= 15 is 0 Å². The molecule has 4 nitrogen and oxygen atoms in total. The Labute approximate surface area is 120 Å². The van der Waals surface area contributed by atoms with Crippen molar-refractivity contribution in [2.75, 3.05) is 0 Å². The number of hydrogen-bond donors (Lipinski definition) is 2. The van der Waals surface area contributed by atoms with Crippen molar-refractivity contribution in [1.82, 2.24) is 4.90 Å². The van der Waals surface area contributed by atoms with Gasteiger partial charge in [-0.1, -0.05) is 26.0 Å². The summed E-state index contributed by atoms with van der Waals surface area (Å²) in [5, 5.41) is 9.52. The molecule has 1 atom stereocenters. The van der Waals surface area contributed by atoms with Crippen LogP contribution in [-0.2, 0) is 11.3 Å². The topological polar surface area (TPSA) is 66.6 Å². The van der Waals surface area contributed by atoms with Crippen LogP contribution < -0.4 is 5.73 Å². The van der Waals surface area contributed by atoms with Crippen molar-refractivity contribution >= 4 is 5.91 Å². The van der Waals surface area contributed by atoms with Gasteiger partial charge in [0.25, 0.3) is 0 Å². The quantitative estimate of drug-likeness (QED) is 0.837. The number of benzene rings is 1. The van der Waals surface area contributed by atoms with Gasteiger partial charge in [0.15, 0.2) is 0 Å². The van der Waals surface area contributed by atoms with Crippen molar-refractivity contribution in [3.8, 4) is 5.75 Å². The molecule has 1 aliphatic carbocycles. The molecule has 3 N–H and O–H groups in total. The number of phenolic OH excluding ortho intramolecular Hbond substituents is 1. The van der Waals surface area contributed by atoms with Crippen LogP contribution in [0.3, 0.4) is 0 Å². The molecule has 0 saturated heterocycles. The van der Waals surface area contributed by atoms with Crippen LogP contribution in [0, 0.1) is 5.92 Å². The van der Waals surface area contributed by atoms with E-state index in [9.17, 15) is 9.90 Å². The average Bonchev–Trinajstić information content (AvgIpc) is 3.18. The first-order valence-corrected chi connectivity index (χ1v) is 7.31. The Morgan fingerprint density at radius 1 is 1.45 bits per heavy atom. The molecule has 1 aliphatic rings. The summed E-state index contributed by atoms with van der Waals surface area (Å²) in [6.07, 6.45) is 2.82. The zero-order chi connectivity index (χ0) is 14.7. The summed E-state index contributed by atoms with van der Waals surface area (Å²) in [6.45, 7) is 4.68. The van der Waals surface area contributed by atoms with Crippen molar-refractivity contribution in [2.24, 2.45) is 11.7 Å². The van der Waals surface area contributed by atoms with Crippen LogP contribution in [-0.4, -0.2) is 28.0 Å². The standard InChI is InChI=1S/C16H24N2O2/c1-11(2)8-15(17)16(20)18(13-6-7-13)10-12-4-3-5-14(19)9-12/h3-5,9,11,13,15,19H,6-8,10,17H2,1-2H3/t15-/m0/s1. The number of nitrogens with zero attached hydrogens (tertiary/aromatic N) is 1. The van der Waals surface area contributed by atoms with Gasteiger partial charge in [-0.3, -0.25) is 4.79 Å². The monoisotopic (exact) mass is 276 g/mol. The number of nitrogens with two attached hydrogens (primary N) is 1. The van der Waals surface area contributed by atoms with E-state index in [2.05, 4.69) is 13.8 Å². The molecule has 110 valence electrons. The Balaban J connectivity index is 2.05. The Bertz CT molecular complexity index is 469. The molecular formula is C16H24N2O2. The molecule has 1 saturated carbocycles. The summed E-state index contributed by atoms with van der Waals surface area (Å²) < 4.78 is 0. The fraction of sp³-hybridized carbons (Fsp3) is 0.562. The third-order valence-electron chi connectivity index (χ3n) is 3.58. The average molecular weight is 276 g/mol. The fourth-order valence-electron chi connectivity index (χ4n) is 2.45. The van der Waals surface area contributed by atoms with Gasteiger partial charge in [0.2, 0.25) is 5.91 Å². The van der Waals surface area contributed by atoms with Gasteiger partial charge >= 0.3 is 0 Å². The molecular weight excluding hydrogens is 252 g/mol. The van der Waals surface area contributed by atoms with Gasteiger partial charge < -0.3 is 15.7 Å². The lowest BCUT2D eigenvalue weighted by atomic mass is 10.0. The van der Waals surface area contributed by atoms with E-state index in [0.717, 1.165) is 18.4 Å². The van der Waals surface area contributed by atoms with Gasteiger partial charge in [-0.25, -0.2) is 0 Å². The Morgan fingerprint density at radius 3 is 2.70 bits per heavy atom. The second-order valence-corrected chi connectivity index (χ2v) is 6.10. The Hall–Kier alpha value is -1.55. The maximum Gasteiger partial charge on any atom is 0.240 e. The maximum absolute atomic E-state index is 12.5. The minimum atomic E-state index is -0.423. The van der Waals surface area contributed by atoms with Crippen molar-refractivity contribution in [3.63, 3.8) is 0 Å².